The third-order valence-electron chi connectivity index (χ3n) is 2.50. The number of imidazole rings is 1. The lowest BCUT2D eigenvalue weighted by molar-refractivity contribution is -0.105. The van der Waals surface area contributed by atoms with Crippen molar-refractivity contribution in [3.05, 3.63) is 41.9 Å². The van der Waals surface area contributed by atoms with Gasteiger partial charge in [-0.05, 0) is 29.7 Å². The Morgan fingerprint density at radius 2 is 2.25 bits per heavy atom. The fourth-order valence-electron chi connectivity index (χ4n) is 1.53. The quantitative estimate of drug-likeness (QED) is 0.581. The summed E-state index contributed by atoms with van der Waals surface area (Å²) in [6.45, 7) is 3.99. The number of carbonyl (C=O) groups is 1. The highest BCUT2D eigenvalue weighted by atomic mass is 16.1. The maximum Gasteiger partial charge on any atom is 0.146 e. The summed E-state index contributed by atoms with van der Waals surface area (Å²) in [5.74, 6) is 0.224. The van der Waals surface area contributed by atoms with Crippen LogP contribution in [0.25, 0.3) is 11.7 Å². The van der Waals surface area contributed by atoms with Crippen molar-refractivity contribution in [1.29, 1.82) is 0 Å². The number of pyridine rings is 1. The number of nitrogens with zero attached hydrogens (tertiary/aromatic N) is 2. The third kappa shape index (κ3) is 2.03. The summed E-state index contributed by atoms with van der Waals surface area (Å²) in [4.78, 5) is 15.3. The van der Waals surface area contributed by atoms with Crippen LogP contribution < -0.4 is 0 Å². The lowest BCUT2D eigenvalue weighted by atomic mass is 10.0. The molecule has 0 amide bonds. The molecule has 16 heavy (non-hydrogen) atoms. The molecule has 0 aliphatic rings. The summed E-state index contributed by atoms with van der Waals surface area (Å²) in [7, 11) is 0. The first kappa shape index (κ1) is 10.6. The molecule has 82 valence electrons. The number of rotatable bonds is 3. The highest BCUT2D eigenvalue weighted by Gasteiger charge is 2.04. The van der Waals surface area contributed by atoms with E-state index >= 15 is 0 Å². The molecule has 0 atom stereocenters. The largest absolute Gasteiger partial charge is 0.306 e. The molecule has 2 aromatic heterocycles. The lowest BCUT2D eigenvalue weighted by Crippen LogP contribution is -1.94. The minimum Gasteiger partial charge on any atom is -0.306 e. The average molecular weight is 214 g/mol. The molecule has 0 spiro atoms. The molecule has 0 saturated carbocycles. The van der Waals surface area contributed by atoms with Gasteiger partial charge in [0, 0.05) is 12.4 Å². The third-order valence-corrected chi connectivity index (χ3v) is 2.50. The molecular weight excluding hydrogens is 200 g/mol. The van der Waals surface area contributed by atoms with Gasteiger partial charge in [-0.2, -0.15) is 0 Å². The van der Waals surface area contributed by atoms with Crippen molar-refractivity contribution >= 4 is 18.0 Å². The van der Waals surface area contributed by atoms with E-state index in [0.717, 1.165) is 23.2 Å². The Balaban J connectivity index is 2.44. The first-order valence-electron chi connectivity index (χ1n) is 5.31. The Labute approximate surface area is 94.4 Å². The predicted octanol–water partition coefficient (Wildman–Crippen LogP) is 2.57. The van der Waals surface area contributed by atoms with E-state index in [9.17, 15) is 4.79 Å². The van der Waals surface area contributed by atoms with Crippen LogP contribution in [0.3, 0.4) is 0 Å². The van der Waals surface area contributed by atoms with E-state index < -0.39 is 0 Å². The lowest BCUT2D eigenvalue weighted by Gasteiger charge is -2.00. The number of aldehydes is 1. The molecule has 2 heterocycles. The summed E-state index contributed by atoms with van der Waals surface area (Å²) >= 11 is 0. The van der Waals surface area contributed by atoms with Gasteiger partial charge in [0.1, 0.15) is 11.9 Å². The Hall–Kier alpha value is -1.90. The van der Waals surface area contributed by atoms with Crippen LogP contribution in [-0.2, 0) is 4.79 Å². The number of fused-ring (bicyclic) bond motifs is 1. The van der Waals surface area contributed by atoms with Gasteiger partial charge in [-0.25, -0.2) is 4.98 Å². The minimum absolute atomic E-state index is 0.224. The highest BCUT2D eigenvalue weighted by molar-refractivity contribution is 5.81. The van der Waals surface area contributed by atoms with Crippen LogP contribution in [0.2, 0.25) is 0 Å². The first-order chi connectivity index (χ1) is 7.70. The van der Waals surface area contributed by atoms with E-state index in [1.54, 1.807) is 0 Å². The van der Waals surface area contributed by atoms with E-state index in [0.29, 0.717) is 0 Å². The summed E-state index contributed by atoms with van der Waals surface area (Å²) in [6, 6.07) is 5.83. The first-order valence-corrected chi connectivity index (χ1v) is 5.31. The zero-order chi connectivity index (χ0) is 11.5. The van der Waals surface area contributed by atoms with Gasteiger partial charge in [-0.1, -0.05) is 19.9 Å². The molecule has 0 saturated heterocycles. The number of hydrogen-bond acceptors (Lipinski definition) is 2. The minimum atomic E-state index is 0.224. The standard InChI is InChI=1S/C13H14N2O/c1-10(2)11(9-16)7-12-8-15-6-4-3-5-13(15)14-12/h3-10H,1-2H3. The van der Waals surface area contributed by atoms with E-state index in [1.807, 2.05) is 54.9 Å². The van der Waals surface area contributed by atoms with Crippen molar-refractivity contribution in [3.63, 3.8) is 0 Å². The van der Waals surface area contributed by atoms with E-state index in [4.69, 9.17) is 0 Å². The molecule has 0 unspecified atom stereocenters. The van der Waals surface area contributed by atoms with E-state index in [2.05, 4.69) is 4.98 Å². The van der Waals surface area contributed by atoms with Crippen LogP contribution in [0.5, 0.6) is 0 Å². The molecule has 0 aliphatic heterocycles. The molecule has 3 nitrogen and oxygen atoms in total. The van der Waals surface area contributed by atoms with Gasteiger partial charge in [0.2, 0.25) is 0 Å². The summed E-state index contributed by atoms with van der Waals surface area (Å²) in [5, 5.41) is 0. The fraction of sp³-hybridized carbons (Fsp3) is 0.231. The normalized spacial score (nSPS) is 12.3. The number of hydrogen-bond donors (Lipinski definition) is 0. The second kappa shape index (κ2) is 4.31. The smallest absolute Gasteiger partial charge is 0.146 e. The second-order valence-corrected chi connectivity index (χ2v) is 4.05. The van der Waals surface area contributed by atoms with Gasteiger partial charge in [0.15, 0.2) is 0 Å². The van der Waals surface area contributed by atoms with Crippen LogP contribution in [0.1, 0.15) is 19.5 Å². The Bertz CT molecular complexity index is 505. The molecule has 0 radical (unpaired) electrons. The van der Waals surface area contributed by atoms with Crippen molar-refractivity contribution in [1.82, 2.24) is 9.38 Å². The average Bonchev–Trinajstić information content (AvgIpc) is 2.67. The molecule has 0 fully saturated rings. The van der Waals surface area contributed by atoms with Crippen molar-refractivity contribution in [3.8, 4) is 0 Å². The number of aromatic nitrogens is 2. The topological polar surface area (TPSA) is 34.4 Å². The predicted molar refractivity (Wildman–Crippen MR) is 64.1 cm³/mol. The molecule has 2 aromatic rings. The van der Waals surface area contributed by atoms with Gasteiger partial charge in [0.25, 0.3) is 0 Å². The molecule has 2 rings (SSSR count). The maximum absolute atomic E-state index is 10.9. The van der Waals surface area contributed by atoms with Crippen LogP contribution in [0.15, 0.2) is 36.2 Å². The van der Waals surface area contributed by atoms with Gasteiger partial charge >= 0.3 is 0 Å². The van der Waals surface area contributed by atoms with Crippen molar-refractivity contribution in [2.75, 3.05) is 0 Å². The van der Waals surface area contributed by atoms with Gasteiger partial charge in [-0.3, -0.25) is 4.79 Å². The van der Waals surface area contributed by atoms with Gasteiger partial charge < -0.3 is 4.40 Å². The Morgan fingerprint density at radius 3 is 2.88 bits per heavy atom. The molecule has 0 aromatic carbocycles. The highest BCUT2D eigenvalue weighted by Crippen LogP contribution is 2.13. The van der Waals surface area contributed by atoms with Crippen molar-refractivity contribution in [2.24, 2.45) is 5.92 Å². The fourth-order valence-corrected chi connectivity index (χ4v) is 1.53. The summed E-state index contributed by atoms with van der Waals surface area (Å²) in [5.41, 5.74) is 2.48. The summed E-state index contributed by atoms with van der Waals surface area (Å²) in [6.07, 6.45) is 6.59. The Kier molecular flexibility index (Phi) is 2.86. The number of allylic oxidation sites excluding steroid dienone is 1. The SMILES string of the molecule is CC(C)C(C=O)=Cc1cn2ccccc2n1. The molecule has 0 bridgehead atoms. The molecule has 0 N–H and O–H groups in total. The molecular formula is C13H14N2O. The van der Waals surface area contributed by atoms with Crippen molar-refractivity contribution in [2.45, 2.75) is 13.8 Å². The number of carbonyl (C=O) groups excluding carboxylic acids is 1. The van der Waals surface area contributed by atoms with Gasteiger partial charge in [-0.15, -0.1) is 0 Å². The molecule has 0 aliphatic carbocycles. The van der Waals surface area contributed by atoms with E-state index in [1.165, 1.54) is 0 Å². The zero-order valence-corrected chi connectivity index (χ0v) is 9.42. The monoisotopic (exact) mass is 214 g/mol. The van der Waals surface area contributed by atoms with Crippen LogP contribution in [0.4, 0.5) is 0 Å². The van der Waals surface area contributed by atoms with Crippen LogP contribution in [0, 0.1) is 5.92 Å². The maximum atomic E-state index is 10.9. The molecule has 3 heteroatoms. The zero-order valence-electron chi connectivity index (χ0n) is 9.42. The Morgan fingerprint density at radius 1 is 1.44 bits per heavy atom. The van der Waals surface area contributed by atoms with E-state index in [-0.39, 0.29) is 5.92 Å². The second-order valence-electron chi connectivity index (χ2n) is 4.05. The van der Waals surface area contributed by atoms with Gasteiger partial charge in [0.05, 0.1) is 5.69 Å². The van der Waals surface area contributed by atoms with Crippen LogP contribution >= 0.6 is 0 Å². The van der Waals surface area contributed by atoms with Crippen molar-refractivity contribution < 1.29 is 4.79 Å². The summed E-state index contributed by atoms with van der Waals surface area (Å²) < 4.78 is 1.94. The van der Waals surface area contributed by atoms with Crippen LogP contribution in [-0.4, -0.2) is 15.7 Å².